The van der Waals surface area contributed by atoms with Crippen molar-refractivity contribution in [3.8, 4) is 0 Å². The van der Waals surface area contributed by atoms with Gasteiger partial charge in [-0.05, 0) is 44.3 Å². The van der Waals surface area contributed by atoms with Crippen molar-refractivity contribution in [1.29, 1.82) is 0 Å². The van der Waals surface area contributed by atoms with E-state index in [0.29, 0.717) is 30.8 Å². The van der Waals surface area contributed by atoms with Gasteiger partial charge >= 0.3 is 0 Å². The highest BCUT2D eigenvalue weighted by molar-refractivity contribution is 6.36. The van der Waals surface area contributed by atoms with Crippen LogP contribution in [0.4, 0.5) is 0 Å². The van der Waals surface area contributed by atoms with Gasteiger partial charge in [0.05, 0.1) is 6.04 Å². The van der Waals surface area contributed by atoms with Crippen LogP contribution in [0.1, 0.15) is 43.2 Å². The fraction of sp³-hybridized carbons (Fsp3) is 0.600. The van der Waals surface area contributed by atoms with Crippen molar-refractivity contribution >= 4 is 11.7 Å². The van der Waals surface area contributed by atoms with Crippen LogP contribution in [0.15, 0.2) is 24.3 Å². The topological polar surface area (TPSA) is 40.6 Å². The lowest BCUT2D eigenvalue weighted by atomic mass is 9.75. The van der Waals surface area contributed by atoms with Gasteiger partial charge in [-0.3, -0.25) is 14.5 Å². The van der Waals surface area contributed by atoms with Gasteiger partial charge in [-0.2, -0.15) is 0 Å². The van der Waals surface area contributed by atoms with Crippen LogP contribution in [0.3, 0.4) is 0 Å². The summed E-state index contributed by atoms with van der Waals surface area (Å²) in [6.45, 7) is 6.84. The molecule has 5 rings (SSSR count). The van der Waals surface area contributed by atoms with Gasteiger partial charge < -0.3 is 4.90 Å². The highest BCUT2D eigenvalue weighted by Gasteiger charge is 2.55. The van der Waals surface area contributed by atoms with Crippen molar-refractivity contribution in [2.75, 3.05) is 19.6 Å². The Balaban J connectivity index is 1.69. The van der Waals surface area contributed by atoms with E-state index in [2.05, 4.69) is 36.1 Å². The minimum absolute atomic E-state index is 0.224. The molecule has 4 aliphatic rings. The number of rotatable bonds is 3. The first kappa shape index (κ1) is 15.8. The molecule has 3 atom stereocenters. The van der Waals surface area contributed by atoms with E-state index in [9.17, 15) is 9.59 Å². The predicted octanol–water partition coefficient (Wildman–Crippen LogP) is 2.36. The molecule has 4 nitrogen and oxygen atoms in total. The zero-order valence-electron chi connectivity index (χ0n) is 14.6. The Kier molecular flexibility index (Phi) is 3.95. The van der Waals surface area contributed by atoms with Gasteiger partial charge in [0, 0.05) is 24.9 Å². The van der Waals surface area contributed by atoms with Crippen LogP contribution in [-0.4, -0.2) is 53.2 Å². The molecule has 1 aromatic rings. The normalized spacial score (nSPS) is 34.2. The smallest absolute Gasteiger partial charge is 0.290 e. The van der Waals surface area contributed by atoms with Gasteiger partial charge in [-0.25, -0.2) is 0 Å². The summed E-state index contributed by atoms with van der Waals surface area (Å²) in [5.41, 5.74) is 2.57. The van der Waals surface area contributed by atoms with Crippen molar-refractivity contribution in [3.05, 3.63) is 35.4 Å². The maximum Gasteiger partial charge on any atom is 0.290 e. The van der Waals surface area contributed by atoms with Crippen molar-refractivity contribution in [1.82, 2.24) is 9.80 Å². The number of likely N-dealkylation sites (tertiary alicyclic amines) is 1. The fourth-order valence-corrected chi connectivity index (χ4v) is 5.07. The first-order valence-corrected chi connectivity index (χ1v) is 9.24. The maximum absolute atomic E-state index is 12.7. The minimum atomic E-state index is -0.254. The summed E-state index contributed by atoms with van der Waals surface area (Å²) in [4.78, 5) is 29.3. The third-order valence-corrected chi connectivity index (χ3v) is 6.32. The average Bonchev–Trinajstić information content (AvgIpc) is 3.05. The lowest BCUT2D eigenvalue weighted by Gasteiger charge is -2.51. The molecular weight excluding hydrogens is 300 g/mol. The number of Topliss-reactive ketones (excluding diaryl/α,β-unsaturated/α-hetero) is 1. The molecule has 0 unspecified atom stereocenters. The lowest BCUT2D eigenvalue weighted by Crippen LogP contribution is -2.61. The molecule has 4 fully saturated rings. The average molecular weight is 326 g/mol. The SMILES string of the molecule is CCC(=O)C(=O)N1C[C@H](c2ccc(C)cc2)[C@@H]2[C@H]1C1CCN2CC1. The van der Waals surface area contributed by atoms with Crippen LogP contribution in [0.5, 0.6) is 0 Å². The van der Waals surface area contributed by atoms with Crippen LogP contribution in [0.25, 0.3) is 0 Å². The van der Waals surface area contributed by atoms with Crippen molar-refractivity contribution in [2.24, 2.45) is 5.92 Å². The summed E-state index contributed by atoms with van der Waals surface area (Å²) in [7, 11) is 0. The highest BCUT2D eigenvalue weighted by atomic mass is 16.2. The molecule has 4 heteroatoms. The minimum Gasteiger partial charge on any atom is -0.331 e. The third kappa shape index (κ3) is 2.39. The van der Waals surface area contributed by atoms with Crippen molar-refractivity contribution < 1.29 is 9.59 Å². The van der Waals surface area contributed by atoms with Gasteiger partial charge in [0.2, 0.25) is 5.78 Å². The third-order valence-electron chi connectivity index (χ3n) is 6.32. The Labute approximate surface area is 143 Å². The predicted molar refractivity (Wildman–Crippen MR) is 92.8 cm³/mol. The van der Waals surface area contributed by atoms with Crippen LogP contribution < -0.4 is 0 Å². The number of nitrogens with zero attached hydrogens (tertiary/aromatic N) is 2. The molecule has 4 saturated heterocycles. The zero-order chi connectivity index (χ0) is 16.8. The molecule has 4 heterocycles. The summed E-state index contributed by atoms with van der Waals surface area (Å²) in [6, 6.07) is 9.33. The van der Waals surface area contributed by atoms with Crippen molar-refractivity contribution in [2.45, 2.75) is 51.1 Å². The summed E-state index contributed by atoms with van der Waals surface area (Å²) in [5, 5.41) is 0. The van der Waals surface area contributed by atoms with E-state index in [1.54, 1.807) is 6.92 Å². The highest BCUT2D eigenvalue weighted by Crippen LogP contribution is 2.46. The molecule has 128 valence electrons. The number of fused-ring (bicyclic) bond motifs is 2. The number of piperidine rings is 3. The van der Waals surface area contributed by atoms with Crippen molar-refractivity contribution in [3.63, 3.8) is 0 Å². The summed E-state index contributed by atoms with van der Waals surface area (Å²) in [6.07, 6.45) is 2.62. The number of benzene rings is 1. The maximum atomic E-state index is 12.7. The van der Waals surface area contributed by atoms with E-state index < -0.39 is 0 Å². The summed E-state index contributed by atoms with van der Waals surface area (Å²) < 4.78 is 0. The Hall–Kier alpha value is -1.68. The Morgan fingerprint density at radius 2 is 1.75 bits per heavy atom. The second kappa shape index (κ2) is 5.99. The zero-order valence-corrected chi connectivity index (χ0v) is 14.6. The number of hydrogen-bond acceptors (Lipinski definition) is 3. The molecule has 24 heavy (non-hydrogen) atoms. The molecule has 0 aliphatic carbocycles. The second-order valence-corrected chi connectivity index (χ2v) is 7.61. The second-order valence-electron chi connectivity index (χ2n) is 7.61. The molecule has 0 saturated carbocycles. The number of amides is 1. The molecular formula is C20H26N2O2. The first-order valence-electron chi connectivity index (χ1n) is 9.24. The van der Waals surface area contributed by atoms with Crippen LogP contribution in [0.2, 0.25) is 0 Å². The summed E-state index contributed by atoms with van der Waals surface area (Å²) >= 11 is 0. The van der Waals surface area contributed by atoms with E-state index in [1.807, 2.05) is 4.90 Å². The first-order chi connectivity index (χ1) is 11.6. The molecule has 4 aliphatic heterocycles. The van der Waals surface area contributed by atoms with Gasteiger partial charge in [0.25, 0.3) is 5.91 Å². The molecule has 0 aromatic heterocycles. The van der Waals surface area contributed by atoms with E-state index >= 15 is 0 Å². The van der Waals surface area contributed by atoms with E-state index in [1.165, 1.54) is 11.1 Å². The van der Waals surface area contributed by atoms with Gasteiger partial charge in [0.1, 0.15) is 0 Å². The molecule has 0 spiro atoms. The molecule has 0 radical (unpaired) electrons. The molecule has 0 N–H and O–H groups in total. The van der Waals surface area contributed by atoms with Gasteiger partial charge in [-0.1, -0.05) is 36.8 Å². The number of ketones is 1. The van der Waals surface area contributed by atoms with Gasteiger partial charge in [0.15, 0.2) is 0 Å². The number of hydrogen-bond donors (Lipinski definition) is 0. The summed E-state index contributed by atoms with van der Waals surface area (Å²) in [5.74, 6) is 0.391. The fourth-order valence-electron chi connectivity index (χ4n) is 5.07. The Morgan fingerprint density at radius 3 is 2.38 bits per heavy atom. The van der Waals surface area contributed by atoms with Crippen LogP contribution in [-0.2, 0) is 9.59 Å². The number of carbonyl (C=O) groups is 2. The van der Waals surface area contributed by atoms with Gasteiger partial charge in [-0.15, -0.1) is 0 Å². The monoisotopic (exact) mass is 326 g/mol. The molecule has 1 amide bonds. The standard InChI is InChI=1S/C20H26N2O2/c1-3-17(23)20(24)22-12-16(14-6-4-13(2)5-7-14)19-18(22)15-8-10-21(19)11-9-15/h4-7,15-16,18-19H,3,8-12H2,1-2H3/t16-,18-,19-/m1/s1. The Bertz CT molecular complexity index is 646. The van der Waals surface area contributed by atoms with E-state index in [-0.39, 0.29) is 17.7 Å². The molecule has 2 bridgehead atoms. The lowest BCUT2D eigenvalue weighted by molar-refractivity contribution is -0.147. The van der Waals surface area contributed by atoms with E-state index in [0.717, 1.165) is 25.9 Å². The largest absolute Gasteiger partial charge is 0.331 e. The van der Waals surface area contributed by atoms with Crippen LogP contribution in [0, 0.1) is 12.8 Å². The Morgan fingerprint density at radius 1 is 1.08 bits per heavy atom. The number of carbonyl (C=O) groups excluding carboxylic acids is 2. The molecule has 1 aromatic carbocycles. The quantitative estimate of drug-likeness (QED) is 0.801. The number of aryl methyl sites for hydroxylation is 1. The van der Waals surface area contributed by atoms with Crippen LogP contribution >= 0.6 is 0 Å². The van der Waals surface area contributed by atoms with E-state index in [4.69, 9.17) is 0 Å².